The first-order chi connectivity index (χ1) is 14.1. The van der Waals surface area contributed by atoms with E-state index in [1.54, 1.807) is 0 Å². The summed E-state index contributed by atoms with van der Waals surface area (Å²) < 4.78 is 58.1. The molecule has 2 rings (SSSR count). The highest BCUT2D eigenvalue weighted by atomic mass is 32.2. The van der Waals surface area contributed by atoms with Crippen molar-refractivity contribution < 1.29 is 26.7 Å². The predicted octanol–water partition coefficient (Wildman–Crippen LogP) is 3.32. The predicted molar refractivity (Wildman–Crippen MR) is 112 cm³/mol. The molecular formula is C21H26F2N2O4S. The Morgan fingerprint density at radius 1 is 1.10 bits per heavy atom. The number of aryl methyl sites for hydroxylation is 2. The number of carbonyl (C=O) groups excluding carboxylic acids is 1. The molecule has 9 heteroatoms. The number of hydrogen-bond donors (Lipinski definition) is 1. The number of nitrogens with zero attached hydrogens (tertiary/aromatic N) is 1. The van der Waals surface area contributed by atoms with Gasteiger partial charge in [0.25, 0.3) is 0 Å². The molecule has 2 aromatic rings. The molecule has 0 fully saturated rings. The highest BCUT2D eigenvalue weighted by Crippen LogP contribution is 2.25. The fraction of sp³-hybridized carbons (Fsp3) is 0.381. The molecule has 2 aromatic carbocycles. The average Bonchev–Trinajstić information content (AvgIpc) is 2.65. The fourth-order valence-corrected chi connectivity index (χ4v) is 3.77. The van der Waals surface area contributed by atoms with E-state index in [1.165, 1.54) is 0 Å². The average molecular weight is 441 g/mol. The van der Waals surface area contributed by atoms with Crippen LogP contribution in [0.3, 0.4) is 0 Å². The lowest BCUT2D eigenvalue weighted by Crippen LogP contribution is -2.34. The zero-order chi connectivity index (χ0) is 22.3. The van der Waals surface area contributed by atoms with Crippen molar-refractivity contribution in [2.24, 2.45) is 0 Å². The second-order valence-electron chi connectivity index (χ2n) is 6.95. The molecule has 1 N–H and O–H groups in total. The summed E-state index contributed by atoms with van der Waals surface area (Å²) in [5.41, 5.74) is 1.63. The molecule has 0 spiro atoms. The number of halogens is 2. The maximum absolute atomic E-state index is 14.0. The van der Waals surface area contributed by atoms with Crippen molar-refractivity contribution in [3.63, 3.8) is 0 Å². The molecule has 0 saturated carbocycles. The van der Waals surface area contributed by atoms with E-state index in [-0.39, 0.29) is 38.4 Å². The number of benzene rings is 2. The van der Waals surface area contributed by atoms with Gasteiger partial charge in [-0.15, -0.1) is 0 Å². The topological polar surface area (TPSA) is 75.7 Å². The van der Waals surface area contributed by atoms with Gasteiger partial charge in [0, 0.05) is 13.0 Å². The van der Waals surface area contributed by atoms with E-state index >= 15 is 0 Å². The van der Waals surface area contributed by atoms with Gasteiger partial charge in [-0.1, -0.05) is 12.1 Å². The monoisotopic (exact) mass is 440 g/mol. The van der Waals surface area contributed by atoms with Crippen molar-refractivity contribution in [1.82, 2.24) is 5.32 Å². The SMILES string of the molecule is Cc1ccc(OCCNC(=O)CCCN(c2c(F)cccc2F)S(C)(=O)=O)cc1C. The lowest BCUT2D eigenvalue weighted by Gasteiger charge is -2.23. The van der Waals surface area contributed by atoms with Crippen LogP contribution in [-0.4, -0.2) is 40.3 Å². The van der Waals surface area contributed by atoms with Gasteiger partial charge in [-0.25, -0.2) is 17.2 Å². The van der Waals surface area contributed by atoms with E-state index in [1.807, 2.05) is 32.0 Å². The molecule has 0 aliphatic carbocycles. The molecule has 0 radical (unpaired) electrons. The number of para-hydroxylation sites is 1. The Labute approximate surface area is 175 Å². The number of amides is 1. The van der Waals surface area contributed by atoms with Gasteiger partial charge >= 0.3 is 0 Å². The highest BCUT2D eigenvalue weighted by Gasteiger charge is 2.24. The van der Waals surface area contributed by atoms with Gasteiger partial charge in [-0.3, -0.25) is 9.10 Å². The molecule has 1 amide bonds. The summed E-state index contributed by atoms with van der Waals surface area (Å²) in [6, 6.07) is 8.85. The summed E-state index contributed by atoms with van der Waals surface area (Å²) in [5.74, 6) is -1.55. The van der Waals surface area contributed by atoms with Crippen molar-refractivity contribution in [1.29, 1.82) is 0 Å². The molecule has 0 bridgehead atoms. The Morgan fingerprint density at radius 3 is 2.37 bits per heavy atom. The zero-order valence-corrected chi connectivity index (χ0v) is 18.1. The van der Waals surface area contributed by atoms with Gasteiger partial charge in [0.1, 0.15) is 18.0 Å². The maximum Gasteiger partial charge on any atom is 0.232 e. The third-order valence-electron chi connectivity index (χ3n) is 4.52. The number of nitrogens with one attached hydrogen (secondary N) is 1. The Morgan fingerprint density at radius 2 is 1.77 bits per heavy atom. The lowest BCUT2D eigenvalue weighted by atomic mass is 10.1. The van der Waals surface area contributed by atoms with E-state index in [0.717, 1.165) is 35.6 Å². The van der Waals surface area contributed by atoms with Crippen LogP contribution in [0.1, 0.15) is 24.0 Å². The summed E-state index contributed by atoms with van der Waals surface area (Å²) in [7, 11) is -3.92. The Bertz CT molecular complexity index is 976. The first-order valence-electron chi connectivity index (χ1n) is 9.48. The Balaban J connectivity index is 1.81. The lowest BCUT2D eigenvalue weighted by molar-refractivity contribution is -0.121. The van der Waals surface area contributed by atoms with E-state index in [0.29, 0.717) is 10.1 Å². The minimum absolute atomic E-state index is 0.00569. The van der Waals surface area contributed by atoms with Crippen LogP contribution in [0.4, 0.5) is 14.5 Å². The number of sulfonamides is 1. The number of carbonyl (C=O) groups is 1. The summed E-state index contributed by atoms with van der Waals surface area (Å²) >= 11 is 0. The van der Waals surface area contributed by atoms with Gasteiger partial charge in [0.2, 0.25) is 15.9 Å². The molecule has 0 aliphatic rings. The third-order valence-corrected chi connectivity index (χ3v) is 5.69. The Kier molecular flexibility index (Phi) is 8.16. The van der Waals surface area contributed by atoms with Crippen LogP contribution in [0.15, 0.2) is 36.4 Å². The normalized spacial score (nSPS) is 11.2. The minimum atomic E-state index is -3.92. The molecule has 0 saturated heterocycles. The summed E-state index contributed by atoms with van der Waals surface area (Å²) in [6.45, 7) is 4.33. The van der Waals surface area contributed by atoms with E-state index in [4.69, 9.17) is 4.74 Å². The van der Waals surface area contributed by atoms with Crippen LogP contribution in [0.5, 0.6) is 5.75 Å². The van der Waals surface area contributed by atoms with Crippen LogP contribution in [0.2, 0.25) is 0 Å². The second kappa shape index (κ2) is 10.4. The van der Waals surface area contributed by atoms with E-state index in [2.05, 4.69) is 5.32 Å². The van der Waals surface area contributed by atoms with Gasteiger partial charge in [0.15, 0.2) is 11.6 Å². The molecule has 0 unspecified atom stereocenters. The van der Waals surface area contributed by atoms with Crippen molar-refractivity contribution in [3.8, 4) is 5.75 Å². The summed E-state index contributed by atoms with van der Waals surface area (Å²) in [6.07, 6.45) is 0.972. The fourth-order valence-electron chi connectivity index (χ4n) is 2.81. The first-order valence-corrected chi connectivity index (χ1v) is 11.3. The first kappa shape index (κ1) is 23.6. The van der Waals surface area contributed by atoms with Crippen LogP contribution < -0.4 is 14.4 Å². The van der Waals surface area contributed by atoms with E-state index < -0.39 is 27.3 Å². The van der Waals surface area contributed by atoms with Crippen molar-refractivity contribution in [3.05, 3.63) is 59.2 Å². The van der Waals surface area contributed by atoms with Crippen molar-refractivity contribution >= 4 is 21.6 Å². The quantitative estimate of drug-likeness (QED) is 0.575. The zero-order valence-electron chi connectivity index (χ0n) is 17.2. The molecule has 0 atom stereocenters. The molecule has 164 valence electrons. The smallest absolute Gasteiger partial charge is 0.232 e. The van der Waals surface area contributed by atoms with Crippen molar-refractivity contribution in [2.45, 2.75) is 26.7 Å². The Hall–Kier alpha value is -2.68. The highest BCUT2D eigenvalue weighted by molar-refractivity contribution is 7.92. The van der Waals surface area contributed by atoms with Crippen LogP contribution in [0.25, 0.3) is 0 Å². The number of anilines is 1. The number of rotatable bonds is 10. The van der Waals surface area contributed by atoms with Crippen LogP contribution in [0, 0.1) is 25.5 Å². The number of hydrogen-bond acceptors (Lipinski definition) is 4. The van der Waals surface area contributed by atoms with Crippen molar-refractivity contribution in [2.75, 3.05) is 30.3 Å². The maximum atomic E-state index is 14.0. The largest absolute Gasteiger partial charge is 0.492 e. The van der Waals surface area contributed by atoms with Gasteiger partial charge in [-0.2, -0.15) is 0 Å². The van der Waals surface area contributed by atoms with Crippen LogP contribution in [-0.2, 0) is 14.8 Å². The third kappa shape index (κ3) is 6.69. The molecular weight excluding hydrogens is 414 g/mol. The number of ether oxygens (including phenoxy) is 1. The summed E-state index contributed by atoms with van der Waals surface area (Å²) in [4.78, 5) is 12.0. The van der Waals surface area contributed by atoms with E-state index in [9.17, 15) is 22.0 Å². The molecule has 30 heavy (non-hydrogen) atoms. The van der Waals surface area contributed by atoms with Gasteiger partial charge < -0.3 is 10.1 Å². The van der Waals surface area contributed by atoms with Gasteiger partial charge in [-0.05, 0) is 55.7 Å². The molecule has 0 aromatic heterocycles. The van der Waals surface area contributed by atoms with Crippen LogP contribution >= 0.6 is 0 Å². The standard InChI is InChI=1S/C21H26F2N2O4S/c1-15-9-10-17(14-16(15)2)29-13-11-24-20(26)8-5-12-25(30(3,27)28)21-18(22)6-4-7-19(21)23/h4,6-7,9-10,14H,5,8,11-13H2,1-3H3,(H,24,26). The minimum Gasteiger partial charge on any atom is -0.492 e. The van der Waals surface area contributed by atoms with Gasteiger partial charge in [0.05, 0.1) is 12.8 Å². The molecule has 6 nitrogen and oxygen atoms in total. The summed E-state index contributed by atoms with van der Waals surface area (Å²) in [5, 5.41) is 2.67. The second-order valence-corrected chi connectivity index (χ2v) is 8.86. The molecule has 0 heterocycles. The molecule has 0 aliphatic heterocycles.